The van der Waals surface area contributed by atoms with Crippen LogP contribution in [0.15, 0.2) is 42.5 Å². The van der Waals surface area contributed by atoms with Crippen LogP contribution in [0.25, 0.3) is 0 Å². The molecule has 0 saturated heterocycles. The van der Waals surface area contributed by atoms with Gasteiger partial charge in [-0.2, -0.15) is 0 Å². The summed E-state index contributed by atoms with van der Waals surface area (Å²) < 4.78 is 5.63. The molecule has 0 unspecified atom stereocenters. The van der Waals surface area contributed by atoms with Crippen molar-refractivity contribution in [3.8, 4) is 11.5 Å². The van der Waals surface area contributed by atoms with Gasteiger partial charge in [0.2, 0.25) is 0 Å². The molecule has 2 aromatic rings. The Morgan fingerprint density at radius 1 is 1.00 bits per heavy atom. The average Bonchev–Trinajstić information content (AvgIpc) is 2.34. The molecule has 0 aromatic heterocycles. The zero-order valence-corrected chi connectivity index (χ0v) is 10.5. The molecule has 2 rings (SSSR count). The third-order valence-electron chi connectivity index (χ3n) is 2.28. The van der Waals surface area contributed by atoms with Crippen LogP contribution >= 0.6 is 23.2 Å². The Labute approximate surface area is 110 Å². The Bertz CT molecular complexity index is 511. The quantitative estimate of drug-likeness (QED) is 0.903. The van der Waals surface area contributed by atoms with Gasteiger partial charge in [0.1, 0.15) is 11.5 Å². The highest BCUT2D eigenvalue weighted by Gasteiger charge is 2.03. The molecule has 2 nitrogen and oxygen atoms in total. The summed E-state index contributed by atoms with van der Waals surface area (Å²) in [6, 6.07) is 12.7. The first-order valence-corrected chi connectivity index (χ1v) is 5.86. The Morgan fingerprint density at radius 3 is 2.29 bits per heavy atom. The zero-order chi connectivity index (χ0) is 12.3. The molecule has 0 amide bonds. The topological polar surface area (TPSA) is 35.2 Å². The van der Waals surface area contributed by atoms with Crippen LogP contribution in [0.1, 0.15) is 5.56 Å². The van der Waals surface area contributed by atoms with Crippen LogP contribution in [0.4, 0.5) is 0 Å². The largest absolute Gasteiger partial charge is 0.456 e. The van der Waals surface area contributed by atoms with Gasteiger partial charge in [-0.1, -0.05) is 35.3 Å². The second kappa shape index (κ2) is 5.41. The first kappa shape index (κ1) is 12.2. The normalized spacial score (nSPS) is 10.3. The van der Waals surface area contributed by atoms with Crippen molar-refractivity contribution in [2.75, 3.05) is 0 Å². The number of rotatable bonds is 3. The Kier molecular flexibility index (Phi) is 3.89. The zero-order valence-electron chi connectivity index (χ0n) is 8.99. The van der Waals surface area contributed by atoms with Gasteiger partial charge in [0.15, 0.2) is 0 Å². The van der Waals surface area contributed by atoms with E-state index >= 15 is 0 Å². The predicted octanol–water partition coefficient (Wildman–Crippen LogP) is 4.24. The van der Waals surface area contributed by atoms with Crippen LogP contribution in [0.2, 0.25) is 10.0 Å². The molecule has 0 heterocycles. The number of halogens is 2. The minimum absolute atomic E-state index is 0.486. The molecular formula is C13H11Cl2NO. The van der Waals surface area contributed by atoms with E-state index in [1.54, 1.807) is 18.2 Å². The van der Waals surface area contributed by atoms with Gasteiger partial charge in [0.25, 0.3) is 0 Å². The lowest BCUT2D eigenvalue weighted by Gasteiger charge is -2.08. The summed E-state index contributed by atoms with van der Waals surface area (Å²) in [6.45, 7) is 0.516. The maximum atomic E-state index is 6.01. The van der Waals surface area contributed by atoms with Gasteiger partial charge in [0.05, 0.1) is 5.02 Å². The van der Waals surface area contributed by atoms with E-state index in [4.69, 9.17) is 33.7 Å². The first-order chi connectivity index (χ1) is 8.19. The molecule has 2 N–H and O–H groups in total. The minimum Gasteiger partial charge on any atom is -0.456 e. The molecule has 0 aliphatic rings. The molecule has 4 heteroatoms. The van der Waals surface area contributed by atoms with Crippen LogP contribution in [0.3, 0.4) is 0 Å². The highest BCUT2D eigenvalue weighted by molar-refractivity contribution is 6.35. The molecule has 0 atom stereocenters. The van der Waals surface area contributed by atoms with Crippen molar-refractivity contribution in [3.63, 3.8) is 0 Å². The van der Waals surface area contributed by atoms with Gasteiger partial charge in [-0.15, -0.1) is 0 Å². The van der Waals surface area contributed by atoms with E-state index in [2.05, 4.69) is 0 Å². The summed E-state index contributed by atoms with van der Waals surface area (Å²) in [7, 11) is 0. The fourth-order valence-corrected chi connectivity index (χ4v) is 1.83. The van der Waals surface area contributed by atoms with Crippen molar-refractivity contribution < 1.29 is 4.74 Å². The maximum Gasteiger partial charge on any atom is 0.146 e. The second-order valence-corrected chi connectivity index (χ2v) is 4.37. The van der Waals surface area contributed by atoms with Crippen molar-refractivity contribution in [3.05, 3.63) is 58.1 Å². The molecule has 88 valence electrons. The highest BCUT2D eigenvalue weighted by Crippen LogP contribution is 2.31. The summed E-state index contributed by atoms with van der Waals surface area (Å²) in [5.74, 6) is 1.29. The summed E-state index contributed by atoms with van der Waals surface area (Å²) in [6.07, 6.45) is 0. The summed E-state index contributed by atoms with van der Waals surface area (Å²) in [5, 5.41) is 1.07. The van der Waals surface area contributed by atoms with Crippen LogP contribution < -0.4 is 10.5 Å². The van der Waals surface area contributed by atoms with Gasteiger partial charge < -0.3 is 10.5 Å². The lowest BCUT2D eigenvalue weighted by atomic mass is 10.2. The van der Waals surface area contributed by atoms with Crippen molar-refractivity contribution in [1.29, 1.82) is 0 Å². The van der Waals surface area contributed by atoms with E-state index in [-0.39, 0.29) is 0 Å². The lowest BCUT2D eigenvalue weighted by molar-refractivity contribution is 0.482. The van der Waals surface area contributed by atoms with Crippen LogP contribution in [-0.4, -0.2) is 0 Å². The van der Waals surface area contributed by atoms with E-state index in [1.165, 1.54) is 0 Å². The van der Waals surface area contributed by atoms with Crippen molar-refractivity contribution in [1.82, 2.24) is 0 Å². The average molecular weight is 268 g/mol. The van der Waals surface area contributed by atoms with Crippen LogP contribution in [-0.2, 0) is 6.54 Å². The SMILES string of the molecule is NCc1ccc(Oc2ccc(Cl)cc2Cl)cc1. The van der Waals surface area contributed by atoms with E-state index in [9.17, 15) is 0 Å². The van der Waals surface area contributed by atoms with E-state index in [0.717, 1.165) is 5.56 Å². The minimum atomic E-state index is 0.486. The molecule has 0 spiro atoms. The summed E-state index contributed by atoms with van der Waals surface area (Å²) in [5.41, 5.74) is 6.57. The molecule has 17 heavy (non-hydrogen) atoms. The molecule has 0 fully saturated rings. The third kappa shape index (κ3) is 3.13. The Morgan fingerprint density at radius 2 is 1.71 bits per heavy atom. The maximum absolute atomic E-state index is 6.01. The van der Waals surface area contributed by atoms with Crippen molar-refractivity contribution >= 4 is 23.2 Å². The molecule has 0 aliphatic carbocycles. The van der Waals surface area contributed by atoms with Crippen molar-refractivity contribution in [2.45, 2.75) is 6.54 Å². The molecular weight excluding hydrogens is 257 g/mol. The number of benzene rings is 2. The van der Waals surface area contributed by atoms with Gasteiger partial charge >= 0.3 is 0 Å². The number of ether oxygens (including phenoxy) is 1. The molecule has 2 aromatic carbocycles. The van der Waals surface area contributed by atoms with E-state index in [0.29, 0.717) is 28.1 Å². The predicted molar refractivity (Wildman–Crippen MR) is 70.9 cm³/mol. The fourth-order valence-electron chi connectivity index (χ4n) is 1.38. The van der Waals surface area contributed by atoms with Crippen LogP contribution in [0, 0.1) is 0 Å². The highest BCUT2D eigenvalue weighted by atomic mass is 35.5. The number of hydrogen-bond acceptors (Lipinski definition) is 2. The second-order valence-electron chi connectivity index (χ2n) is 3.52. The monoisotopic (exact) mass is 267 g/mol. The Balaban J connectivity index is 2.19. The molecule has 0 bridgehead atoms. The van der Waals surface area contributed by atoms with Gasteiger partial charge in [-0.05, 0) is 35.9 Å². The number of nitrogens with two attached hydrogens (primary N) is 1. The fraction of sp³-hybridized carbons (Fsp3) is 0.0769. The standard InChI is InChI=1S/C13H11Cl2NO/c14-10-3-6-13(12(15)7-10)17-11-4-1-9(8-16)2-5-11/h1-7H,8,16H2. The van der Waals surface area contributed by atoms with E-state index in [1.807, 2.05) is 24.3 Å². The van der Waals surface area contributed by atoms with Gasteiger partial charge in [-0.25, -0.2) is 0 Å². The summed E-state index contributed by atoms with van der Waals surface area (Å²) in [4.78, 5) is 0. The lowest BCUT2D eigenvalue weighted by Crippen LogP contribution is -1.95. The van der Waals surface area contributed by atoms with Gasteiger partial charge in [-0.3, -0.25) is 0 Å². The number of hydrogen-bond donors (Lipinski definition) is 1. The first-order valence-electron chi connectivity index (χ1n) is 5.11. The third-order valence-corrected chi connectivity index (χ3v) is 2.81. The molecule has 0 radical (unpaired) electrons. The molecule has 0 saturated carbocycles. The van der Waals surface area contributed by atoms with E-state index < -0.39 is 0 Å². The molecule has 0 aliphatic heterocycles. The van der Waals surface area contributed by atoms with Crippen molar-refractivity contribution in [2.24, 2.45) is 5.73 Å². The van der Waals surface area contributed by atoms with Gasteiger partial charge in [0, 0.05) is 11.6 Å². The smallest absolute Gasteiger partial charge is 0.146 e. The van der Waals surface area contributed by atoms with Crippen LogP contribution in [0.5, 0.6) is 11.5 Å². The summed E-state index contributed by atoms with van der Waals surface area (Å²) >= 11 is 11.8. The Hall–Kier alpha value is -1.22.